The van der Waals surface area contributed by atoms with E-state index in [1.54, 1.807) is 30.3 Å². The summed E-state index contributed by atoms with van der Waals surface area (Å²) >= 11 is 12.2. The molecule has 2 aliphatic heterocycles. The van der Waals surface area contributed by atoms with Crippen LogP contribution in [0.4, 0.5) is 4.39 Å². The van der Waals surface area contributed by atoms with Crippen molar-refractivity contribution in [3.05, 3.63) is 92.7 Å². The normalized spacial score (nSPS) is 22.1. The van der Waals surface area contributed by atoms with Gasteiger partial charge < -0.3 is 19.5 Å². The number of carbonyl (C=O) groups excluding carboxylic acids is 1. The van der Waals surface area contributed by atoms with Crippen LogP contribution in [0, 0.1) is 5.82 Å². The molecule has 1 N–H and O–H groups in total. The van der Waals surface area contributed by atoms with E-state index in [1.165, 1.54) is 23.4 Å². The van der Waals surface area contributed by atoms with Gasteiger partial charge in [0.25, 0.3) is 5.91 Å². The van der Waals surface area contributed by atoms with Crippen LogP contribution in [0.5, 0.6) is 0 Å². The molecule has 1 fully saturated rings. The lowest BCUT2D eigenvalue weighted by atomic mass is 9.85. The second-order valence-electron chi connectivity index (χ2n) is 10.5. The molecule has 3 aromatic rings. The molecule has 2 aromatic carbocycles. The molecule has 0 aliphatic carbocycles. The van der Waals surface area contributed by atoms with Crippen LogP contribution in [-0.2, 0) is 27.3 Å². The van der Waals surface area contributed by atoms with Crippen molar-refractivity contribution in [3.8, 4) is 0 Å². The monoisotopic (exact) mass is 588 g/mol. The van der Waals surface area contributed by atoms with E-state index in [-0.39, 0.29) is 24.2 Å². The molecule has 11 heteroatoms. The van der Waals surface area contributed by atoms with E-state index in [0.29, 0.717) is 53.1 Å². The van der Waals surface area contributed by atoms with Crippen molar-refractivity contribution >= 4 is 29.1 Å². The van der Waals surface area contributed by atoms with E-state index < -0.39 is 29.2 Å². The Hall–Kier alpha value is -2.66. The first kappa shape index (κ1) is 28.9. The fourth-order valence-corrected chi connectivity index (χ4v) is 5.72. The first-order valence-corrected chi connectivity index (χ1v) is 13.8. The summed E-state index contributed by atoms with van der Waals surface area (Å²) in [6, 6.07) is 9.67. The van der Waals surface area contributed by atoms with Crippen LogP contribution in [-0.4, -0.2) is 70.7 Å². The third-order valence-electron chi connectivity index (χ3n) is 7.42. The molecule has 1 aromatic heterocycles. The average molecular weight is 589 g/mol. The zero-order chi connectivity index (χ0) is 28.7. The minimum atomic E-state index is -1.67. The maximum Gasteiger partial charge on any atom is 0.257 e. The number of likely N-dealkylation sites (N-methyl/N-ethyl adjacent to an activating group) is 1. The van der Waals surface area contributed by atoms with Crippen LogP contribution < -0.4 is 0 Å². The summed E-state index contributed by atoms with van der Waals surface area (Å²) in [4.78, 5) is 26.1. The number of carbonyl (C=O) groups is 1. The molecular weight excluding hydrogens is 558 g/mol. The van der Waals surface area contributed by atoms with E-state index in [9.17, 15) is 9.90 Å². The van der Waals surface area contributed by atoms with Crippen LogP contribution in [0.15, 0.2) is 48.8 Å². The van der Waals surface area contributed by atoms with E-state index in [0.717, 1.165) is 0 Å². The van der Waals surface area contributed by atoms with E-state index in [2.05, 4.69) is 9.97 Å². The molecule has 2 aliphatic rings. The third kappa shape index (κ3) is 5.22. The van der Waals surface area contributed by atoms with Gasteiger partial charge in [0, 0.05) is 36.1 Å². The summed E-state index contributed by atoms with van der Waals surface area (Å²) in [5, 5.41) is 12.3. The lowest BCUT2D eigenvalue weighted by Crippen LogP contribution is -2.49. The number of hydrogen-bond acceptors (Lipinski definition) is 7. The summed E-state index contributed by atoms with van der Waals surface area (Å²) in [5.74, 6) is -0.847. The second kappa shape index (κ2) is 11.3. The van der Waals surface area contributed by atoms with Crippen molar-refractivity contribution in [2.45, 2.75) is 43.7 Å². The van der Waals surface area contributed by atoms with E-state index >= 15 is 4.39 Å². The van der Waals surface area contributed by atoms with Gasteiger partial charge in [-0.15, -0.1) is 0 Å². The van der Waals surface area contributed by atoms with Crippen molar-refractivity contribution in [3.63, 3.8) is 0 Å². The fourth-order valence-electron chi connectivity index (χ4n) is 5.50. The second-order valence-corrected chi connectivity index (χ2v) is 11.3. The highest BCUT2D eigenvalue weighted by Gasteiger charge is 2.56. The highest BCUT2D eigenvalue weighted by Crippen LogP contribution is 2.49. The summed E-state index contributed by atoms with van der Waals surface area (Å²) in [6.07, 6.45) is 3.35. The Morgan fingerprint density at radius 3 is 2.50 bits per heavy atom. The standard InChI is InChI=1S/C29H31Cl2FN4O4/c1-4-28(38,17-35(2)3)19-11-23-26(24(32)12-19)29(40-22-9-10-39-16-22,18-5-7-20(30)8-6-18)36(27(23)37)15-25-33-13-21(31)14-34-25/h5-8,11-14,22,38H,4,9-10,15-17H2,1-3H3/t22-,28?,29+/m0/s1. The molecule has 0 bridgehead atoms. The van der Waals surface area contributed by atoms with Gasteiger partial charge in [-0.2, -0.15) is 0 Å². The predicted molar refractivity (Wildman–Crippen MR) is 149 cm³/mol. The number of benzene rings is 2. The highest BCUT2D eigenvalue weighted by atomic mass is 35.5. The first-order valence-electron chi connectivity index (χ1n) is 13.1. The zero-order valence-electron chi connectivity index (χ0n) is 22.5. The lowest BCUT2D eigenvalue weighted by Gasteiger charge is -2.41. The van der Waals surface area contributed by atoms with Gasteiger partial charge in [0.1, 0.15) is 17.2 Å². The van der Waals surface area contributed by atoms with Crippen LogP contribution in [0.2, 0.25) is 10.0 Å². The van der Waals surface area contributed by atoms with Crippen molar-refractivity contribution in [1.82, 2.24) is 19.8 Å². The Labute approximate surface area is 242 Å². The number of hydrogen-bond donors (Lipinski definition) is 1. The Kier molecular flexibility index (Phi) is 8.16. The summed E-state index contributed by atoms with van der Waals surface area (Å²) in [5.41, 5.74) is -2.07. The first-order chi connectivity index (χ1) is 19.1. The van der Waals surface area contributed by atoms with Gasteiger partial charge >= 0.3 is 0 Å². The van der Waals surface area contributed by atoms with Crippen LogP contribution in [0.25, 0.3) is 0 Å². The Bertz CT molecular complexity index is 1390. The van der Waals surface area contributed by atoms with E-state index in [1.807, 2.05) is 25.9 Å². The van der Waals surface area contributed by atoms with Gasteiger partial charge in [-0.3, -0.25) is 9.69 Å². The topological polar surface area (TPSA) is 88.0 Å². The quantitative estimate of drug-likeness (QED) is 0.386. The third-order valence-corrected chi connectivity index (χ3v) is 7.87. The number of rotatable bonds is 9. The SMILES string of the molecule is CCC(O)(CN(C)C)c1cc(F)c2c(c1)C(=O)N(Cc1ncc(Cl)cn1)[C@@]2(O[C@H]1CCOC1)c1ccc(Cl)cc1. The molecule has 8 nitrogen and oxygen atoms in total. The van der Waals surface area contributed by atoms with Gasteiger partial charge in [-0.05, 0) is 56.8 Å². The minimum absolute atomic E-state index is 0.0627. The fraction of sp³-hybridized carbons (Fsp3) is 0.414. The molecule has 1 saturated heterocycles. The smallest absolute Gasteiger partial charge is 0.257 e. The summed E-state index contributed by atoms with van der Waals surface area (Å²) in [7, 11) is 3.65. The van der Waals surface area contributed by atoms with Crippen molar-refractivity contribution < 1.29 is 23.8 Å². The molecule has 0 saturated carbocycles. The highest BCUT2D eigenvalue weighted by molar-refractivity contribution is 6.30. The molecule has 0 radical (unpaired) electrons. The van der Waals surface area contributed by atoms with Crippen LogP contribution >= 0.6 is 23.2 Å². The van der Waals surface area contributed by atoms with E-state index in [4.69, 9.17) is 32.7 Å². The maximum atomic E-state index is 16.5. The number of halogens is 3. The minimum Gasteiger partial charge on any atom is -0.384 e. The van der Waals surface area contributed by atoms with Crippen molar-refractivity contribution in [2.24, 2.45) is 0 Å². The molecule has 5 rings (SSSR count). The van der Waals surface area contributed by atoms with Crippen LogP contribution in [0.3, 0.4) is 0 Å². The zero-order valence-corrected chi connectivity index (χ0v) is 24.0. The number of nitrogens with zero attached hydrogens (tertiary/aromatic N) is 4. The van der Waals surface area contributed by atoms with Crippen LogP contribution in [0.1, 0.15) is 52.6 Å². The number of aromatic nitrogens is 2. The van der Waals surface area contributed by atoms with Gasteiger partial charge in [-0.25, -0.2) is 14.4 Å². The number of amides is 1. The largest absolute Gasteiger partial charge is 0.384 e. The predicted octanol–water partition coefficient (Wildman–Crippen LogP) is 4.74. The number of aliphatic hydroxyl groups is 1. The lowest BCUT2D eigenvalue weighted by molar-refractivity contribution is -0.149. The number of fused-ring (bicyclic) bond motifs is 1. The molecule has 1 unspecified atom stereocenters. The molecule has 3 heterocycles. The van der Waals surface area contributed by atoms with Gasteiger partial charge in [0.05, 0.1) is 35.4 Å². The Morgan fingerprint density at radius 1 is 1.20 bits per heavy atom. The van der Waals surface area contributed by atoms with Gasteiger partial charge in [0.2, 0.25) is 5.72 Å². The van der Waals surface area contributed by atoms with Crippen molar-refractivity contribution in [1.29, 1.82) is 0 Å². The molecule has 3 atom stereocenters. The Morgan fingerprint density at radius 2 is 1.90 bits per heavy atom. The molecular formula is C29H31Cl2FN4O4. The molecule has 1 amide bonds. The Balaban J connectivity index is 1.75. The maximum absolute atomic E-state index is 16.5. The molecule has 40 heavy (non-hydrogen) atoms. The van der Waals surface area contributed by atoms with Crippen molar-refractivity contribution in [2.75, 3.05) is 33.9 Å². The average Bonchev–Trinajstić information content (AvgIpc) is 3.51. The molecule has 212 valence electrons. The summed E-state index contributed by atoms with van der Waals surface area (Å²) in [6.45, 7) is 2.75. The molecule has 0 spiro atoms. The van der Waals surface area contributed by atoms with Gasteiger partial charge in [-0.1, -0.05) is 42.3 Å². The van der Waals surface area contributed by atoms with Gasteiger partial charge in [0.15, 0.2) is 0 Å². The number of ether oxygens (including phenoxy) is 2. The summed E-state index contributed by atoms with van der Waals surface area (Å²) < 4.78 is 28.8.